The van der Waals surface area contributed by atoms with E-state index in [0.29, 0.717) is 12.5 Å². The summed E-state index contributed by atoms with van der Waals surface area (Å²) in [7, 11) is 0. The van der Waals surface area contributed by atoms with Gasteiger partial charge in [0.05, 0.1) is 0 Å². The van der Waals surface area contributed by atoms with Gasteiger partial charge in [-0.05, 0) is 25.8 Å². The molecule has 0 bridgehead atoms. The fourth-order valence-corrected chi connectivity index (χ4v) is 1.85. The summed E-state index contributed by atoms with van der Waals surface area (Å²) in [6, 6.07) is 0.655. The van der Waals surface area contributed by atoms with Gasteiger partial charge in [-0.1, -0.05) is 19.3 Å². The summed E-state index contributed by atoms with van der Waals surface area (Å²) in [6.07, 6.45) is 7.62. The molecule has 4 heteroatoms. The normalized spacial score (nSPS) is 17.4. The first-order chi connectivity index (χ1) is 6.29. The molecule has 1 fully saturated rings. The molecule has 3 nitrogen and oxygen atoms in total. The molecule has 0 aromatic carbocycles. The van der Waals surface area contributed by atoms with Gasteiger partial charge in [0, 0.05) is 12.5 Å². The molecule has 0 heterocycles. The number of carboxylic acid groups (broad SMARTS) is 1. The molecule has 0 unspecified atom stereocenters. The van der Waals surface area contributed by atoms with Crippen molar-refractivity contribution in [2.75, 3.05) is 6.54 Å². The van der Waals surface area contributed by atoms with Gasteiger partial charge in [-0.25, -0.2) is 0 Å². The van der Waals surface area contributed by atoms with Crippen molar-refractivity contribution >= 4 is 5.97 Å². The average Bonchev–Trinajstić information content (AvgIpc) is 2.14. The van der Waals surface area contributed by atoms with E-state index in [1.165, 1.54) is 32.1 Å². The third kappa shape index (κ3) is 6.82. The molecular weight excluding hydrogens is 189 g/mol. The standard InChI is InChI=1S/C10H19NO2.Na.H/c12-10(13)7-4-8-11-9-5-2-1-3-6-9;;/h9,11H,1-8H2,(H,12,13);;/q;+1;-1. The first kappa shape index (κ1) is 14.4. The maximum absolute atomic E-state index is 10.2. The van der Waals surface area contributed by atoms with Crippen molar-refractivity contribution in [1.82, 2.24) is 5.32 Å². The van der Waals surface area contributed by atoms with Crippen LogP contribution in [0.2, 0.25) is 0 Å². The van der Waals surface area contributed by atoms with Crippen molar-refractivity contribution in [2.45, 2.75) is 51.0 Å². The quantitative estimate of drug-likeness (QED) is 0.446. The average molecular weight is 209 g/mol. The molecule has 0 aliphatic heterocycles. The molecular formula is C10H20NNaO2. The molecule has 14 heavy (non-hydrogen) atoms. The van der Waals surface area contributed by atoms with Crippen LogP contribution in [0.15, 0.2) is 0 Å². The monoisotopic (exact) mass is 209 g/mol. The minimum Gasteiger partial charge on any atom is -1.00 e. The van der Waals surface area contributed by atoms with Crippen molar-refractivity contribution < 1.29 is 40.9 Å². The van der Waals surface area contributed by atoms with Crippen LogP contribution in [0.25, 0.3) is 0 Å². The van der Waals surface area contributed by atoms with Crippen molar-refractivity contribution in [3.05, 3.63) is 0 Å². The van der Waals surface area contributed by atoms with Crippen molar-refractivity contribution in [2.24, 2.45) is 0 Å². The minimum atomic E-state index is -0.689. The van der Waals surface area contributed by atoms with E-state index >= 15 is 0 Å². The van der Waals surface area contributed by atoms with Crippen LogP contribution in [0, 0.1) is 0 Å². The summed E-state index contributed by atoms with van der Waals surface area (Å²) in [5.41, 5.74) is 0. The van der Waals surface area contributed by atoms with Gasteiger partial charge in [0.25, 0.3) is 0 Å². The van der Waals surface area contributed by atoms with Gasteiger partial charge in [0.1, 0.15) is 0 Å². The summed E-state index contributed by atoms with van der Waals surface area (Å²) in [5.74, 6) is -0.689. The number of nitrogens with one attached hydrogen (secondary N) is 1. The predicted octanol–water partition coefficient (Wildman–Crippen LogP) is -1.11. The zero-order chi connectivity index (χ0) is 9.52. The van der Waals surface area contributed by atoms with E-state index in [4.69, 9.17) is 5.11 Å². The van der Waals surface area contributed by atoms with Crippen LogP contribution in [0.5, 0.6) is 0 Å². The summed E-state index contributed by atoms with van der Waals surface area (Å²) in [4.78, 5) is 10.2. The Morgan fingerprint density at radius 1 is 1.36 bits per heavy atom. The van der Waals surface area contributed by atoms with E-state index in [0.717, 1.165) is 13.0 Å². The van der Waals surface area contributed by atoms with Gasteiger partial charge in [0.15, 0.2) is 0 Å². The Kier molecular flexibility index (Phi) is 8.98. The molecule has 2 N–H and O–H groups in total. The second kappa shape index (κ2) is 8.72. The van der Waals surface area contributed by atoms with Crippen LogP contribution < -0.4 is 34.9 Å². The van der Waals surface area contributed by atoms with Crippen LogP contribution >= 0.6 is 0 Å². The van der Waals surface area contributed by atoms with Gasteiger partial charge in [0.2, 0.25) is 0 Å². The zero-order valence-corrected chi connectivity index (χ0v) is 11.1. The Hall–Kier alpha value is 0.430. The topological polar surface area (TPSA) is 49.3 Å². The van der Waals surface area contributed by atoms with E-state index in [2.05, 4.69) is 5.32 Å². The Balaban J connectivity index is 0. The van der Waals surface area contributed by atoms with Crippen LogP contribution in [-0.4, -0.2) is 23.7 Å². The first-order valence-electron chi connectivity index (χ1n) is 5.24. The maximum Gasteiger partial charge on any atom is 1.00 e. The maximum atomic E-state index is 10.2. The smallest absolute Gasteiger partial charge is 1.00 e. The Morgan fingerprint density at radius 3 is 2.57 bits per heavy atom. The summed E-state index contributed by atoms with van der Waals surface area (Å²) in [6.45, 7) is 0.858. The fourth-order valence-electron chi connectivity index (χ4n) is 1.85. The van der Waals surface area contributed by atoms with Crippen molar-refractivity contribution in [3.8, 4) is 0 Å². The van der Waals surface area contributed by atoms with Crippen molar-refractivity contribution in [3.63, 3.8) is 0 Å². The number of hydrogen-bond acceptors (Lipinski definition) is 2. The molecule has 1 aliphatic rings. The van der Waals surface area contributed by atoms with E-state index in [1.54, 1.807) is 0 Å². The molecule has 0 atom stereocenters. The van der Waals surface area contributed by atoms with Crippen LogP contribution in [0.4, 0.5) is 0 Å². The predicted molar refractivity (Wildman–Crippen MR) is 52.9 cm³/mol. The third-order valence-electron chi connectivity index (χ3n) is 2.61. The number of rotatable bonds is 5. The van der Waals surface area contributed by atoms with Gasteiger partial charge >= 0.3 is 35.5 Å². The van der Waals surface area contributed by atoms with E-state index < -0.39 is 5.97 Å². The summed E-state index contributed by atoms with van der Waals surface area (Å²) in [5, 5.41) is 11.8. The van der Waals surface area contributed by atoms with E-state index in [1.807, 2.05) is 0 Å². The summed E-state index contributed by atoms with van der Waals surface area (Å²) >= 11 is 0. The number of carbonyl (C=O) groups is 1. The molecule has 0 radical (unpaired) electrons. The molecule has 0 aromatic rings. The SMILES string of the molecule is O=C(O)CCCNC1CCCCC1.[H-].[Na+]. The molecule has 1 rings (SSSR count). The van der Waals surface area contributed by atoms with Gasteiger partial charge in [-0.3, -0.25) is 4.79 Å². The van der Waals surface area contributed by atoms with E-state index in [-0.39, 0.29) is 31.0 Å². The Bertz CT molecular complexity index is 164. The van der Waals surface area contributed by atoms with Crippen LogP contribution in [0.1, 0.15) is 46.4 Å². The molecule has 1 saturated carbocycles. The molecule has 0 amide bonds. The second-order valence-electron chi connectivity index (χ2n) is 3.79. The zero-order valence-electron chi connectivity index (χ0n) is 10.1. The second-order valence-corrected chi connectivity index (χ2v) is 3.79. The van der Waals surface area contributed by atoms with Gasteiger partial charge in [-0.2, -0.15) is 0 Å². The number of aliphatic carboxylic acids is 1. The van der Waals surface area contributed by atoms with Gasteiger partial charge in [-0.15, -0.1) is 0 Å². The molecule has 78 valence electrons. The van der Waals surface area contributed by atoms with Gasteiger partial charge < -0.3 is 11.8 Å². The minimum absolute atomic E-state index is 0. The molecule has 0 saturated heterocycles. The molecule has 0 spiro atoms. The van der Waals surface area contributed by atoms with E-state index in [9.17, 15) is 4.79 Å². The largest absolute Gasteiger partial charge is 1.00 e. The third-order valence-corrected chi connectivity index (χ3v) is 2.61. The van der Waals surface area contributed by atoms with Crippen LogP contribution in [-0.2, 0) is 4.79 Å². The Morgan fingerprint density at radius 2 is 2.00 bits per heavy atom. The fraction of sp³-hybridized carbons (Fsp3) is 0.900. The number of carboxylic acids is 1. The summed E-state index contributed by atoms with van der Waals surface area (Å²) < 4.78 is 0. The molecule has 1 aliphatic carbocycles. The van der Waals surface area contributed by atoms with Crippen molar-refractivity contribution in [1.29, 1.82) is 0 Å². The number of hydrogen-bond donors (Lipinski definition) is 2. The van der Waals surface area contributed by atoms with Crippen LogP contribution in [0.3, 0.4) is 0 Å². The first-order valence-corrected chi connectivity index (χ1v) is 5.24. The Labute approximate surface area is 109 Å². The molecule has 0 aromatic heterocycles.